The lowest BCUT2D eigenvalue weighted by Gasteiger charge is -2.33. The lowest BCUT2D eigenvalue weighted by molar-refractivity contribution is -0.132. The molecule has 2 aliphatic rings. The van der Waals surface area contributed by atoms with E-state index >= 15 is 0 Å². The van der Waals surface area contributed by atoms with E-state index in [2.05, 4.69) is 34.2 Å². The van der Waals surface area contributed by atoms with Crippen LogP contribution in [0.5, 0.6) is 0 Å². The molecule has 4 rings (SSSR count). The Morgan fingerprint density at radius 2 is 2.15 bits per heavy atom. The zero-order chi connectivity index (χ0) is 18.1. The van der Waals surface area contributed by atoms with Crippen LogP contribution in [0.3, 0.4) is 0 Å². The molecule has 1 aromatic heterocycles. The van der Waals surface area contributed by atoms with Crippen LogP contribution >= 0.6 is 0 Å². The molecular weight excluding hydrogens is 326 g/mol. The molecule has 2 heterocycles. The van der Waals surface area contributed by atoms with Crippen LogP contribution in [0.1, 0.15) is 60.2 Å². The third kappa shape index (κ3) is 3.43. The predicted molar refractivity (Wildman–Crippen MR) is 100 cm³/mol. The number of amides is 1. The van der Waals surface area contributed by atoms with Crippen molar-refractivity contribution in [3.63, 3.8) is 0 Å². The van der Waals surface area contributed by atoms with Crippen molar-refractivity contribution in [1.82, 2.24) is 14.9 Å². The van der Waals surface area contributed by atoms with Crippen molar-refractivity contribution in [2.24, 2.45) is 0 Å². The van der Waals surface area contributed by atoms with Gasteiger partial charge < -0.3 is 9.88 Å². The van der Waals surface area contributed by atoms with E-state index in [1.807, 2.05) is 4.90 Å². The third-order valence-corrected chi connectivity index (χ3v) is 5.75. The number of H-pyrrole nitrogens is 1. The number of nitrogens with one attached hydrogen (secondary N) is 1. The van der Waals surface area contributed by atoms with Crippen LogP contribution in [0.25, 0.3) is 0 Å². The molecule has 5 heteroatoms. The molecule has 136 valence electrons. The fourth-order valence-electron chi connectivity index (χ4n) is 4.45. The maximum atomic E-state index is 12.9. The van der Waals surface area contributed by atoms with E-state index in [0.29, 0.717) is 24.7 Å². The van der Waals surface area contributed by atoms with E-state index in [1.165, 1.54) is 11.1 Å². The summed E-state index contributed by atoms with van der Waals surface area (Å²) in [6, 6.07) is 10.1. The van der Waals surface area contributed by atoms with Crippen molar-refractivity contribution in [3.05, 3.63) is 63.3 Å². The second-order valence-electron chi connectivity index (χ2n) is 7.57. The van der Waals surface area contributed by atoms with Gasteiger partial charge in [-0.15, -0.1) is 0 Å². The summed E-state index contributed by atoms with van der Waals surface area (Å²) in [5.74, 6) is 1.38. The molecule has 0 bridgehead atoms. The Balaban J connectivity index is 1.45. The van der Waals surface area contributed by atoms with Gasteiger partial charge in [-0.25, -0.2) is 4.98 Å². The molecule has 0 unspecified atom stereocenters. The fraction of sp³-hybridized carbons (Fsp3) is 0.476. The molecule has 26 heavy (non-hydrogen) atoms. The maximum Gasteiger partial charge on any atom is 0.251 e. The molecule has 1 amide bonds. The van der Waals surface area contributed by atoms with Gasteiger partial charge in [-0.3, -0.25) is 9.59 Å². The molecule has 2 atom stereocenters. The smallest absolute Gasteiger partial charge is 0.251 e. The molecule has 1 aliphatic heterocycles. The Hall–Kier alpha value is -2.43. The first-order valence-electron chi connectivity index (χ1n) is 9.53. The van der Waals surface area contributed by atoms with Gasteiger partial charge in [0.2, 0.25) is 5.91 Å². The first kappa shape index (κ1) is 17.0. The predicted octanol–water partition coefficient (Wildman–Crippen LogP) is 2.90. The first-order valence-corrected chi connectivity index (χ1v) is 9.53. The fourth-order valence-corrected chi connectivity index (χ4v) is 4.45. The van der Waals surface area contributed by atoms with Crippen LogP contribution in [0.15, 0.2) is 35.1 Å². The summed E-state index contributed by atoms with van der Waals surface area (Å²) >= 11 is 0. The number of aromatic amines is 1. The molecule has 2 aromatic rings. The van der Waals surface area contributed by atoms with Crippen LogP contribution in [0, 0.1) is 6.92 Å². The van der Waals surface area contributed by atoms with Gasteiger partial charge in [-0.1, -0.05) is 24.3 Å². The maximum absolute atomic E-state index is 12.9. The summed E-state index contributed by atoms with van der Waals surface area (Å²) in [5.41, 5.74) is 3.44. The molecule has 1 N–H and O–H groups in total. The highest BCUT2D eigenvalue weighted by Crippen LogP contribution is 2.36. The summed E-state index contributed by atoms with van der Waals surface area (Å²) in [5, 5.41) is 0. The number of carbonyl (C=O) groups excluding carboxylic acids is 1. The van der Waals surface area contributed by atoms with Crippen molar-refractivity contribution in [1.29, 1.82) is 0 Å². The Morgan fingerprint density at radius 1 is 1.31 bits per heavy atom. The molecule has 1 aliphatic carbocycles. The van der Waals surface area contributed by atoms with E-state index in [4.69, 9.17) is 0 Å². The van der Waals surface area contributed by atoms with E-state index in [0.717, 1.165) is 37.9 Å². The number of benzene rings is 1. The quantitative estimate of drug-likeness (QED) is 0.925. The minimum absolute atomic E-state index is 0.112. The highest BCUT2D eigenvalue weighted by Gasteiger charge is 2.30. The van der Waals surface area contributed by atoms with Gasteiger partial charge in [0.15, 0.2) is 0 Å². The van der Waals surface area contributed by atoms with Crippen LogP contribution in [0.2, 0.25) is 0 Å². The summed E-state index contributed by atoms with van der Waals surface area (Å²) in [6.45, 7) is 3.28. The van der Waals surface area contributed by atoms with E-state index < -0.39 is 0 Å². The molecule has 0 saturated carbocycles. The third-order valence-electron chi connectivity index (χ3n) is 5.75. The average Bonchev–Trinajstić information content (AvgIpc) is 3.04. The van der Waals surface area contributed by atoms with E-state index in [-0.39, 0.29) is 17.4 Å². The second-order valence-corrected chi connectivity index (χ2v) is 7.57. The summed E-state index contributed by atoms with van der Waals surface area (Å²) in [7, 11) is 0. The molecule has 1 aromatic carbocycles. The van der Waals surface area contributed by atoms with Crippen molar-refractivity contribution in [2.45, 2.75) is 50.9 Å². The van der Waals surface area contributed by atoms with Crippen molar-refractivity contribution in [2.75, 3.05) is 13.1 Å². The standard InChI is InChI=1S/C21H25N3O2/c1-14-22-19(12-20(25)23-14)17-6-4-10-24(13-17)21(26)11-16-9-8-15-5-2-3-7-18(15)16/h2-3,5,7,12,16-17H,4,6,8-11,13H2,1H3,(H,22,23,25)/t16-,17+/m1/s1. The average molecular weight is 351 g/mol. The molecule has 1 fully saturated rings. The van der Waals surface area contributed by atoms with Gasteiger partial charge in [0.25, 0.3) is 5.56 Å². The monoisotopic (exact) mass is 351 g/mol. The molecule has 0 radical (unpaired) electrons. The van der Waals surface area contributed by atoms with Crippen LogP contribution in [0.4, 0.5) is 0 Å². The highest BCUT2D eigenvalue weighted by atomic mass is 16.2. The van der Waals surface area contributed by atoms with E-state index in [1.54, 1.807) is 13.0 Å². The molecule has 0 spiro atoms. The van der Waals surface area contributed by atoms with Crippen molar-refractivity contribution in [3.8, 4) is 0 Å². The number of aromatic nitrogens is 2. The highest BCUT2D eigenvalue weighted by molar-refractivity contribution is 5.77. The van der Waals surface area contributed by atoms with Crippen molar-refractivity contribution >= 4 is 5.91 Å². The normalized spacial score (nSPS) is 22.3. The van der Waals surface area contributed by atoms with Gasteiger partial charge in [-0.2, -0.15) is 0 Å². The van der Waals surface area contributed by atoms with Crippen LogP contribution in [-0.4, -0.2) is 33.9 Å². The summed E-state index contributed by atoms with van der Waals surface area (Å²) in [4.78, 5) is 33.8. The van der Waals surface area contributed by atoms with E-state index in [9.17, 15) is 9.59 Å². The topological polar surface area (TPSA) is 66.1 Å². The number of nitrogens with zero attached hydrogens (tertiary/aromatic N) is 2. The lowest BCUT2D eigenvalue weighted by Crippen LogP contribution is -2.40. The Bertz CT molecular complexity index is 874. The Labute approximate surface area is 153 Å². The number of rotatable bonds is 3. The number of fused-ring (bicyclic) bond motifs is 1. The number of hydrogen-bond donors (Lipinski definition) is 1. The van der Waals surface area contributed by atoms with Crippen LogP contribution < -0.4 is 5.56 Å². The largest absolute Gasteiger partial charge is 0.342 e. The van der Waals surface area contributed by atoms with Gasteiger partial charge in [0.1, 0.15) is 5.82 Å². The SMILES string of the molecule is Cc1nc([C@H]2CCCN(C(=O)C[C@H]3CCc4ccccc43)C2)cc(=O)[nH]1. The summed E-state index contributed by atoms with van der Waals surface area (Å²) < 4.78 is 0. The zero-order valence-electron chi connectivity index (χ0n) is 15.2. The molecule has 5 nitrogen and oxygen atoms in total. The van der Waals surface area contributed by atoms with Gasteiger partial charge >= 0.3 is 0 Å². The second kappa shape index (κ2) is 7.06. The van der Waals surface area contributed by atoms with Gasteiger partial charge in [-0.05, 0) is 49.7 Å². The number of piperidine rings is 1. The number of likely N-dealkylation sites (tertiary alicyclic amines) is 1. The Kier molecular flexibility index (Phi) is 4.62. The number of carbonyl (C=O) groups is 1. The summed E-state index contributed by atoms with van der Waals surface area (Å²) in [6.07, 6.45) is 4.67. The molecular formula is C21H25N3O2. The minimum Gasteiger partial charge on any atom is -0.342 e. The number of hydrogen-bond acceptors (Lipinski definition) is 3. The Morgan fingerprint density at radius 3 is 3.00 bits per heavy atom. The lowest BCUT2D eigenvalue weighted by atomic mass is 9.92. The molecule has 1 saturated heterocycles. The van der Waals surface area contributed by atoms with Crippen LogP contribution in [-0.2, 0) is 11.2 Å². The zero-order valence-corrected chi connectivity index (χ0v) is 15.2. The number of aryl methyl sites for hydroxylation is 2. The van der Waals surface area contributed by atoms with Gasteiger partial charge in [0.05, 0.1) is 5.69 Å². The first-order chi connectivity index (χ1) is 12.6. The minimum atomic E-state index is -0.112. The van der Waals surface area contributed by atoms with Gasteiger partial charge in [0, 0.05) is 31.5 Å². The van der Waals surface area contributed by atoms with Crippen molar-refractivity contribution < 1.29 is 4.79 Å².